The van der Waals surface area contributed by atoms with Crippen LogP contribution in [0.5, 0.6) is 11.6 Å². The average Bonchev–Trinajstić information content (AvgIpc) is 2.55. The molecule has 2 N–H and O–H groups in total. The summed E-state index contributed by atoms with van der Waals surface area (Å²) in [7, 11) is 1.68. The third-order valence-corrected chi connectivity index (χ3v) is 3.85. The highest BCUT2D eigenvalue weighted by Crippen LogP contribution is 2.39. The van der Waals surface area contributed by atoms with Crippen molar-refractivity contribution in [2.24, 2.45) is 0 Å². The summed E-state index contributed by atoms with van der Waals surface area (Å²) < 4.78 is 33.5. The molecule has 0 amide bonds. The van der Waals surface area contributed by atoms with Crippen molar-refractivity contribution in [3.8, 4) is 11.6 Å². The minimum atomic E-state index is -0.900. The van der Waals surface area contributed by atoms with Gasteiger partial charge in [-0.2, -0.15) is 0 Å². The van der Waals surface area contributed by atoms with Gasteiger partial charge in [-0.25, -0.2) is 13.9 Å². The summed E-state index contributed by atoms with van der Waals surface area (Å²) in [4.78, 5) is 11.7. The number of halogens is 4. The highest BCUT2D eigenvalue weighted by molar-refractivity contribution is 6.37. The molecule has 3 rings (SSSR count). The SMILES string of the molecule is CNc1cc(Cl)c(Oc2n[nH]c(=O)c3c(F)ccc(F)c23)c(Cl)c1. The molecule has 1 aromatic heterocycles. The van der Waals surface area contributed by atoms with E-state index in [4.69, 9.17) is 27.9 Å². The maximum Gasteiger partial charge on any atom is 0.275 e. The van der Waals surface area contributed by atoms with Crippen LogP contribution in [0.2, 0.25) is 10.0 Å². The first-order valence-electron chi connectivity index (χ1n) is 6.63. The lowest BCUT2D eigenvalue weighted by Gasteiger charge is -2.12. The first kappa shape index (κ1) is 16.5. The van der Waals surface area contributed by atoms with E-state index in [1.807, 2.05) is 0 Å². The third-order valence-electron chi connectivity index (χ3n) is 3.29. The molecule has 0 fully saturated rings. The molecule has 0 saturated heterocycles. The average molecular weight is 372 g/mol. The van der Waals surface area contributed by atoms with Crippen LogP contribution in [0.4, 0.5) is 14.5 Å². The van der Waals surface area contributed by atoms with Crippen molar-refractivity contribution in [2.75, 3.05) is 12.4 Å². The van der Waals surface area contributed by atoms with Gasteiger partial charge in [-0.3, -0.25) is 4.79 Å². The first-order valence-corrected chi connectivity index (χ1v) is 7.39. The van der Waals surface area contributed by atoms with Gasteiger partial charge in [0.15, 0.2) is 5.75 Å². The van der Waals surface area contributed by atoms with Crippen LogP contribution in [0.15, 0.2) is 29.1 Å². The molecule has 124 valence electrons. The number of rotatable bonds is 3. The predicted octanol–water partition coefficient (Wildman–Crippen LogP) is 4.34. The van der Waals surface area contributed by atoms with Crippen molar-refractivity contribution in [3.63, 3.8) is 0 Å². The van der Waals surface area contributed by atoms with E-state index in [1.54, 1.807) is 7.05 Å². The molecule has 24 heavy (non-hydrogen) atoms. The zero-order valence-electron chi connectivity index (χ0n) is 12.1. The van der Waals surface area contributed by atoms with Crippen molar-refractivity contribution in [2.45, 2.75) is 0 Å². The molecule has 2 aromatic carbocycles. The number of ether oxygens (including phenoxy) is 1. The maximum absolute atomic E-state index is 14.1. The highest BCUT2D eigenvalue weighted by Gasteiger charge is 2.19. The molecular formula is C15H9Cl2F2N3O2. The molecule has 5 nitrogen and oxygen atoms in total. The Morgan fingerprint density at radius 2 is 1.71 bits per heavy atom. The molecule has 1 heterocycles. The van der Waals surface area contributed by atoms with Crippen LogP contribution in [0, 0.1) is 11.6 Å². The fourth-order valence-corrected chi connectivity index (χ4v) is 2.73. The second-order valence-corrected chi connectivity index (χ2v) is 5.57. The van der Waals surface area contributed by atoms with Gasteiger partial charge in [0.2, 0.25) is 5.88 Å². The number of fused-ring (bicyclic) bond motifs is 1. The molecule has 0 radical (unpaired) electrons. The Morgan fingerprint density at radius 1 is 1.12 bits per heavy atom. The molecule has 9 heteroatoms. The largest absolute Gasteiger partial charge is 0.434 e. The number of nitrogens with one attached hydrogen (secondary N) is 2. The van der Waals surface area contributed by atoms with E-state index < -0.39 is 28.0 Å². The zero-order chi connectivity index (χ0) is 17.4. The summed E-state index contributed by atoms with van der Waals surface area (Å²) in [5.41, 5.74) is -0.245. The van der Waals surface area contributed by atoms with Crippen LogP contribution < -0.4 is 15.6 Å². The van der Waals surface area contributed by atoms with E-state index in [9.17, 15) is 13.6 Å². The topological polar surface area (TPSA) is 67.0 Å². The van der Waals surface area contributed by atoms with E-state index in [0.717, 1.165) is 12.1 Å². The zero-order valence-corrected chi connectivity index (χ0v) is 13.6. The number of aromatic amines is 1. The standard InChI is InChI=1S/C15H9Cl2F2N3O2/c1-20-6-4-7(16)13(8(17)5-6)24-15-12-10(19)3-2-9(18)11(12)14(23)21-22-15/h2-5,20H,1H3,(H,21,23). The van der Waals surface area contributed by atoms with Crippen molar-refractivity contribution in [1.29, 1.82) is 0 Å². The summed E-state index contributed by atoms with van der Waals surface area (Å²) in [6.45, 7) is 0. The monoisotopic (exact) mass is 371 g/mol. The highest BCUT2D eigenvalue weighted by atomic mass is 35.5. The van der Waals surface area contributed by atoms with Gasteiger partial charge in [-0.15, -0.1) is 5.10 Å². The molecule has 0 saturated carbocycles. The number of aromatic nitrogens is 2. The van der Waals surface area contributed by atoms with E-state index in [0.29, 0.717) is 5.69 Å². The van der Waals surface area contributed by atoms with Gasteiger partial charge in [0.1, 0.15) is 11.6 Å². The van der Waals surface area contributed by atoms with Crippen LogP contribution in [-0.4, -0.2) is 17.2 Å². The van der Waals surface area contributed by atoms with Crippen molar-refractivity contribution in [1.82, 2.24) is 10.2 Å². The van der Waals surface area contributed by atoms with E-state index in [1.165, 1.54) is 12.1 Å². The lowest BCUT2D eigenvalue weighted by Crippen LogP contribution is -2.12. The van der Waals surface area contributed by atoms with E-state index >= 15 is 0 Å². The number of nitrogens with zero attached hydrogens (tertiary/aromatic N) is 1. The number of hydrogen-bond donors (Lipinski definition) is 2. The lowest BCUT2D eigenvalue weighted by atomic mass is 10.1. The fraction of sp³-hybridized carbons (Fsp3) is 0.0667. The van der Waals surface area contributed by atoms with Gasteiger partial charge in [-0.1, -0.05) is 23.2 Å². The number of hydrogen-bond acceptors (Lipinski definition) is 4. The quantitative estimate of drug-likeness (QED) is 0.718. The molecule has 0 aliphatic heterocycles. The van der Waals surface area contributed by atoms with Gasteiger partial charge in [-0.05, 0) is 24.3 Å². The Morgan fingerprint density at radius 3 is 2.29 bits per heavy atom. The minimum Gasteiger partial charge on any atom is -0.434 e. The molecular weight excluding hydrogens is 363 g/mol. The van der Waals surface area contributed by atoms with Crippen LogP contribution in [0.3, 0.4) is 0 Å². The predicted molar refractivity (Wildman–Crippen MR) is 88.4 cm³/mol. The number of benzene rings is 2. The Balaban J connectivity index is 2.21. The number of anilines is 1. The van der Waals surface area contributed by atoms with Gasteiger partial charge in [0.25, 0.3) is 5.56 Å². The Bertz CT molecular complexity index is 985. The summed E-state index contributed by atoms with van der Waals surface area (Å²) in [6, 6.07) is 4.79. The minimum absolute atomic E-state index is 0.00171. The summed E-state index contributed by atoms with van der Waals surface area (Å²) >= 11 is 12.2. The van der Waals surface area contributed by atoms with Crippen molar-refractivity contribution < 1.29 is 13.5 Å². The summed E-state index contributed by atoms with van der Waals surface area (Å²) in [5.74, 6) is -2.12. The van der Waals surface area contributed by atoms with Gasteiger partial charge in [0.05, 0.1) is 20.8 Å². The fourth-order valence-electron chi connectivity index (χ4n) is 2.17. The molecule has 0 bridgehead atoms. The van der Waals surface area contributed by atoms with E-state index in [-0.39, 0.29) is 21.7 Å². The van der Waals surface area contributed by atoms with E-state index in [2.05, 4.69) is 15.5 Å². The van der Waals surface area contributed by atoms with Crippen LogP contribution in [-0.2, 0) is 0 Å². The second kappa shape index (κ2) is 6.26. The summed E-state index contributed by atoms with van der Waals surface area (Å²) in [6.07, 6.45) is 0. The summed E-state index contributed by atoms with van der Waals surface area (Å²) in [5, 5.41) is 7.90. The normalized spacial score (nSPS) is 10.9. The van der Waals surface area contributed by atoms with Crippen LogP contribution in [0.1, 0.15) is 0 Å². The van der Waals surface area contributed by atoms with Crippen LogP contribution in [0.25, 0.3) is 10.8 Å². The Hall–Kier alpha value is -2.38. The van der Waals surface area contributed by atoms with Crippen LogP contribution >= 0.6 is 23.2 Å². The molecule has 0 aliphatic carbocycles. The third kappa shape index (κ3) is 2.76. The maximum atomic E-state index is 14.1. The van der Waals surface area contributed by atoms with Gasteiger partial charge < -0.3 is 10.1 Å². The molecule has 0 atom stereocenters. The Labute approximate surface area is 144 Å². The molecule has 0 unspecified atom stereocenters. The first-order chi connectivity index (χ1) is 11.4. The lowest BCUT2D eigenvalue weighted by molar-refractivity contribution is 0.458. The number of H-pyrrole nitrogens is 1. The second-order valence-electron chi connectivity index (χ2n) is 4.76. The molecule has 0 spiro atoms. The van der Waals surface area contributed by atoms with Crippen molar-refractivity contribution in [3.05, 3.63) is 56.3 Å². The molecule has 0 aliphatic rings. The van der Waals surface area contributed by atoms with Gasteiger partial charge >= 0.3 is 0 Å². The Kier molecular flexibility index (Phi) is 4.29. The van der Waals surface area contributed by atoms with Crippen molar-refractivity contribution >= 4 is 39.7 Å². The van der Waals surface area contributed by atoms with Gasteiger partial charge in [0, 0.05) is 12.7 Å². The smallest absolute Gasteiger partial charge is 0.275 e. The molecule has 3 aromatic rings.